The fourth-order valence-corrected chi connectivity index (χ4v) is 4.11. The van der Waals surface area contributed by atoms with E-state index in [-0.39, 0.29) is 23.1 Å². The number of hydrogen-bond donors (Lipinski definition) is 2. The Labute approximate surface area is 147 Å². The molecule has 2 N–H and O–H groups in total. The normalized spacial score (nSPS) is 17.1. The number of benzene rings is 1. The number of halogens is 3. The third-order valence-electron chi connectivity index (χ3n) is 4.60. The second kappa shape index (κ2) is 6.37. The predicted molar refractivity (Wildman–Crippen MR) is 93.8 cm³/mol. The van der Waals surface area contributed by atoms with Gasteiger partial charge in [0.2, 0.25) is 0 Å². The van der Waals surface area contributed by atoms with Gasteiger partial charge in [-0.1, -0.05) is 24.8 Å². The summed E-state index contributed by atoms with van der Waals surface area (Å²) < 4.78 is 38.7. The van der Waals surface area contributed by atoms with Crippen LogP contribution < -0.4 is 10.6 Å². The van der Waals surface area contributed by atoms with Crippen LogP contribution in [0.15, 0.2) is 37.0 Å². The van der Waals surface area contributed by atoms with Gasteiger partial charge in [0.15, 0.2) is 0 Å². The van der Waals surface area contributed by atoms with Crippen LogP contribution in [-0.4, -0.2) is 23.7 Å². The van der Waals surface area contributed by atoms with E-state index in [1.165, 1.54) is 6.07 Å². The third kappa shape index (κ3) is 3.81. The van der Waals surface area contributed by atoms with Crippen molar-refractivity contribution in [3.63, 3.8) is 0 Å². The van der Waals surface area contributed by atoms with Gasteiger partial charge in [-0.25, -0.2) is 0 Å². The molecule has 1 fully saturated rings. The molecular weight excluding hydrogens is 349 g/mol. The summed E-state index contributed by atoms with van der Waals surface area (Å²) in [4.78, 5) is 12.9. The molecule has 0 aliphatic heterocycles. The van der Waals surface area contributed by atoms with Crippen LogP contribution >= 0.6 is 11.3 Å². The van der Waals surface area contributed by atoms with Crippen LogP contribution in [0.2, 0.25) is 0 Å². The molecule has 7 heteroatoms. The fourth-order valence-electron chi connectivity index (χ4n) is 3.04. The number of rotatable bonds is 6. The lowest BCUT2D eigenvalue weighted by atomic mass is 10.1. The second-order valence-electron chi connectivity index (χ2n) is 6.44. The number of fused-ring (bicyclic) bond motifs is 1. The lowest BCUT2D eigenvalue weighted by Gasteiger charge is -2.24. The molecule has 1 unspecified atom stereocenters. The Kier molecular flexibility index (Phi) is 4.53. The molecule has 0 bridgehead atoms. The molecule has 1 aromatic carbocycles. The maximum atomic E-state index is 12.7. The molecule has 2 aromatic rings. The maximum Gasteiger partial charge on any atom is 0.393 e. The van der Waals surface area contributed by atoms with Crippen molar-refractivity contribution in [1.29, 1.82) is 0 Å². The molecule has 1 heterocycles. The average molecular weight is 368 g/mol. The highest BCUT2D eigenvalue weighted by molar-refractivity contribution is 7.21. The Morgan fingerprint density at radius 3 is 2.76 bits per heavy atom. The zero-order chi connectivity index (χ0) is 18.2. The number of thiophene rings is 1. The molecule has 1 saturated carbocycles. The molecular formula is C18H19F3N2OS. The monoisotopic (exact) mass is 368 g/mol. The first-order valence-corrected chi connectivity index (χ1v) is 8.83. The molecule has 25 heavy (non-hydrogen) atoms. The van der Waals surface area contributed by atoms with E-state index in [9.17, 15) is 18.0 Å². The van der Waals surface area contributed by atoms with Crippen LogP contribution in [0, 0.1) is 0 Å². The van der Waals surface area contributed by atoms with Crippen molar-refractivity contribution in [2.24, 2.45) is 0 Å². The first-order valence-electron chi connectivity index (χ1n) is 8.02. The Balaban J connectivity index is 1.81. The van der Waals surface area contributed by atoms with Crippen LogP contribution in [0.1, 0.15) is 35.0 Å². The minimum absolute atomic E-state index is 0.0992. The summed E-state index contributed by atoms with van der Waals surface area (Å²) >= 11 is 1.11. The van der Waals surface area contributed by atoms with Gasteiger partial charge in [0.1, 0.15) is 0 Å². The van der Waals surface area contributed by atoms with Gasteiger partial charge in [0, 0.05) is 10.7 Å². The first kappa shape index (κ1) is 17.8. The molecule has 134 valence electrons. The van der Waals surface area contributed by atoms with Gasteiger partial charge >= 0.3 is 6.18 Å². The van der Waals surface area contributed by atoms with Crippen molar-refractivity contribution in [2.45, 2.75) is 43.9 Å². The minimum Gasteiger partial charge on any atom is -0.384 e. The average Bonchev–Trinajstić information content (AvgIpc) is 3.16. The van der Waals surface area contributed by atoms with E-state index in [2.05, 4.69) is 17.2 Å². The lowest BCUT2D eigenvalue weighted by Crippen LogP contribution is -2.48. The van der Waals surface area contributed by atoms with Crippen LogP contribution in [-0.2, 0) is 6.42 Å². The molecule has 1 atom stereocenters. The zero-order valence-corrected chi connectivity index (χ0v) is 14.6. The highest BCUT2D eigenvalue weighted by Gasteiger charge is 2.47. The van der Waals surface area contributed by atoms with Crippen LogP contribution in [0.4, 0.5) is 13.2 Å². The number of nitrogens with one attached hydrogen (secondary N) is 2. The Morgan fingerprint density at radius 1 is 1.44 bits per heavy atom. The van der Waals surface area contributed by atoms with Gasteiger partial charge in [-0.15, -0.1) is 11.3 Å². The quantitative estimate of drug-likeness (QED) is 0.794. The number of hydrogen-bond acceptors (Lipinski definition) is 3. The van der Waals surface area contributed by atoms with Gasteiger partial charge in [-0.05, 0) is 43.0 Å². The molecule has 3 rings (SSSR count). The van der Waals surface area contributed by atoms with Gasteiger partial charge in [-0.2, -0.15) is 13.2 Å². The van der Waals surface area contributed by atoms with Crippen LogP contribution in [0.5, 0.6) is 0 Å². The zero-order valence-electron chi connectivity index (χ0n) is 13.7. The Hall–Kier alpha value is -2.02. The first-order chi connectivity index (χ1) is 11.7. The molecule has 0 radical (unpaired) electrons. The minimum atomic E-state index is -4.27. The number of alkyl halides is 3. The fraction of sp³-hybridized carbons (Fsp3) is 0.389. The predicted octanol–water partition coefficient (Wildman–Crippen LogP) is 4.39. The topological polar surface area (TPSA) is 41.1 Å². The van der Waals surface area contributed by atoms with E-state index in [1.54, 1.807) is 24.4 Å². The summed E-state index contributed by atoms with van der Waals surface area (Å²) in [5, 5.41) is 6.79. The highest BCUT2D eigenvalue weighted by atomic mass is 32.1. The van der Waals surface area contributed by atoms with Crippen molar-refractivity contribution in [2.75, 3.05) is 0 Å². The van der Waals surface area contributed by atoms with E-state index in [1.807, 2.05) is 6.92 Å². The lowest BCUT2D eigenvalue weighted by molar-refractivity contribution is -0.126. The smallest absolute Gasteiger partial charge is 0.384 e. The molecule has 1 amide bonds. The summed E-state index contributed by atoms with van der Waals surface area (Å²) in [6.07, 6.45) is -1.75. The summed E-state index contributed by atoms with van der Waals surface area (Å²) in [5.74, 6) is -0.260. The molecule has 0 saturated heterocycles. The Morgan fingerprint density at radius 2 is 2.16 bits per heavy atom. The SMILES string of the molecule is C=CNC1(C(C)NC(=O)c2cc3cccc(CC(F)(F)F)c3s2)CC1. The summed E-state index contributed by atoms with van der Waals surface area (Å²) in [7, 11) is 0. The largest absolute Gasteiger partial charge is 0.393 e. The van der Waals surface area contributed by atoms with E-state index in [0.717, 1.165) is 24.2 Å². The van der Waals surface area contributed by atoms with Crippen LogP contribution in [0.25, 0.3) is 10.1 Å². The standard InChI is InChI=1S/C18H19F3N2OS/c1-3-22-17(7-8-17)11(2)23-16(24)14-9-12-5-4-6-13(15(12)25-14)10-18(19,20)21/h3-6,9,11,22H,1,7-8,10H2,2H3,(H,23,24). The molecule has 1 aliphatic carbocycles. The van der Waals surface area contributed by atoms with E-state index >= 15 is 0 Å². The summed E-state index contributed by atoms with van der Waals surface area (Å²) in [5.41, 5.74) is 0.0457. The third-order valence-corrected chi connectivity index (χ3v) is 5.82. The number of carbonyl (C=O) groups excluding carboxylic acids is 1. The highest BCUT2D eigenvalue weighted by Crippen LogP contribution is 2.39. The maximum absolute atomic E-state index is 12.7. The van der Waals surface area contributed by atoms with Crippen molar-refractivity contribution in [3.05, 3.63) is 47.5 Å². The van der Waals surface area contributed by atoms with E-state index in [4.69, 9.17) is 0 Å². The molecule has 3 nitrogen and oxygen atoms in total. The summed E-state index contributed by atoms with van der Waals surface area (Å²) in [6, 6.07) is 6.34. The van der Waals surface area contributed by atoms with Gasteiger partial charge in [-0.3, -0.25) is 4.79 Å². The van der Waals surface area contributed by atoms with Crippen LogP contribution in [0.3, 0.4) is 0 Å². The molecule has 0 spiro atoms. The van der Waals surface area contributed by atoms with E-state index < -0.39 is 12.6 Å². The molecule has 1 aliphatic rings. The summed E-state index contributed by atoms with van der Waals surface area (Å²) in [6.45, 7) is 5.58. The van der Waals surface area contributed by atoms with Crippen molar-refractivity contribution >= 4 is 27.3 Å². The van der Waals surface area contributed by atoms with Gasteiger partial charge < -0.3 is 10.6 Å². The van der Waals surface area contributed by atoms with Crippen molar-refractivity contribution in [3.8, 4) is 0 Å². The molecule has 1 aromatic heterocycles. The second-order valence-corrected chi connectivity index (χ2v) is 7.49. The van der Waals surface area contributed by atoms with E-state index in [0.29, 0.717) is 15.0 Å². The number of carbonyl (C=O) groups is 1. The van der Waals surface area contributed by atoms with Gasteiger partial charge in [0.25, 0.3) is 5.91 Å². The van der Waals surface area contributed by atoms with Gasteiger partial charge in [0.05, 0.1) is 16.8 Å². The Bertz CT molecular complexity index is 808. The van der Waals surface area contributed by atoms with Crippen molar-refractivity contribution in [1.82, 2.24) is 10.6 Å². The number of amides is 1. The van der Waals surface area contributed by atoms with Crippen molar-refractivity contribution < 1.29 is 18.0 Å².